The first-order chi connectivity index (χ1) is 5.68. The molecular formula is C9H7Cl2N. The molecule has 0 aliphatic rings. The molecule has 0 aliphatic heterocycles. The quantitative estimate of drug-likeness (QED) is 0.613. The van der Waals surface area contributed by atoms with E-state index >= 15 is 0 Å². The van der Waals surface area contributed by atoms with E-state index in [-0.39, 0.29) is 0 Å². The number of benzene rings is 1. The highest BCUT2D eigenvalue weighted by atomic mass is 35.5. The SMILES string of the molecule is Cn1cc(Cl)c2cc(Cl)ccc21. The van der Waals surface area contributed by atoms with Crippen molar-refractivity contribution in [2.24, 2.45) is 7.05 Å². The van der Waals surface area contributed by atoms with Crippen molar-refractivity contribution < 1.29 is 0 Å². The number of rotatable bonds is 0. The summed E-state index contributed by atoms with van der Waals surface area (Å²) in [6.07, 6.45) is 1.88. The van der Waals surface area contributed by atoms with Gasteiger partial charge < -0.3 is 4.57 Å². The second kappa shape index (κ2) is 2.68. The summed E-state index contributed by atoms with van der Waals surface area (Å²) in [6.45, 7) is 0. The van der Waals surface area contributed by atoms with Crippen LogP contribution in [0.25, 0.3) is 10.9 Å². The average Bonchev–Trinajstić information content (AvgIpc) is 2.28. The molecule has 0 amide bonds. The minimum atomic E-state index is 0.718. The fraction of sp³-hybridized carbons (Fsp3) is 0.111. The van der Waals surface area contributed by atoms with Gasteiger partial charge in [0.15, 0.2) is 0 Å². The van der Waals surface area contributed by atoms with Gasteiger partial charge in [0, 0.05) is 29.2 Å². The fourth-order valence-corrected chi connectivity index (χ4v) is 1.79. The molecule has 0 N–H and O–H groups in total. The molecule has 0 saturated heterocycles. The topological polar surface area (TPSA) is 4.93 Å². The summed E-state index contributed by atoms with van der Waals surface area (Å²) in [5.41, 5.74) is 1.10. The van der Waals surface area contributed by atoms with E-state index in [0.29, 0.717) is 0 Å². The average molecular weight is 200 g/mol. The van der Waals surface area contributed by atoms with Gasteiger partial charge in [-0.25, -0.2) is 0 Å². The van der Waals surface area contributed by atoms with Crippen LogP contribution in [0.2, 0.25) is 10.0 Å². The molecule has 1 nitrogen and oxygen atoms in total. The van der Waals surface area contributed by atoms with E-state index in [2.05, 4.69) is 0 Å². The molecule has 3 heteroatoms. The lowest BCUT2D eigenvalue weighted by molar-refractivity contribution is 0.969. The summed E-state index contributed by atoms with van der Waals surface area (Å²) in [5, 5.41) is 2.47. The van der Waals surface area contributed by atoms with Crippen LogP contribution in [-0.2, 0) is 7.05 Å². The van der Waals surface area contributed by atoms with Crippen molar-refractivity contribution in [3.05, 3.63) is 34.4 Å². The summed E-state index contributed by atoms with van der Waals surface area (Å²) < 4.78 is 1.98. The fourth-order valence-electron chi connectivity index (χ4n) is 1.32. The summed E-state index contributed by atoms with van der Waals surface area (Å²) in [7, 11) is 1.96. The highest BCUT2D eigenvalue weighted by Gasteiger charge is 2.03. The molecule has 2 rings (SSSR count). The van der Waals surface area contributed by atoms with E-state index in [4.69, 9.17) is 23.2 Å². The van der Waals surface area contributed by atoms with Gasteiger partial charge in [-0.05, 0) is 18.2 Å². The lowest BCUT2D eigenvalue weighted by Gasteiger charge is -1.94. The van der Waals surface area contributed by atoms with Crippen LogP contribution in [0.3, 0.4) is 0 Å². The van der Waals surface area contributed by atoms with Crippen molar-refractivity contribution in [2.45, 2.75) is 0 Å². The molecule has 0 saturated carbocycles. The normalized spacial score (nSPS) is 10.9. The number of hydrogen-bond donors (Lipinski definition) is 0. The van der Waals surface area contributed by atoms with E-state index in [1.165, 1.54) is 0 Å². The van der Waals surface area contributed by atoms with Gasteiger partial charge in [-0.3, -0.25) is 0 Å². The molecule has 0 unspecified atom stereocenters. The minimum Gasteiger partial charge on any atom is -0.349 e. The third-order valence-corrected chi connectivity index (χ3v) is 2.44. The van der Waals surface area contributed by atoms with Gasteiger partial charge in [0.05, 0.1) is 5.02 Å². The Kier molecular flexibility index (Phi) is 1.78. The number of nitrogens with zero attached hydrogens (tertiary/aromatic N) is 1. The molecule has 0 radical (unpaired) electrons. The molecule has 1 aromatic heterocycles. The van der Waals surface area contributed by atoms with E-state index in [1.807, 2.05) is 36.0 Å². The third-order valence-electron chi connectivity index (χ3n) is 1.90. The number of hydrogen-bond acceptors (Lipinski definition) is 0. The minimum absolute atomic E-state index is 0.718. The molecule has 0 fully saturated rings. The monoisotopic (exact) mass is 199 g/mol. The second-order valence-corrected chi connectivity index (χ2v) is 3.59. The standard InChI is InChI=1S/C9H7Cl2N/c1-12-5-8(11)7-4-6(10)2-3-9(7)12/h2-5H,1H3. The first-order valence-electron chi connectivity index (χ1n) is 3.58. The van der Waals surface area contributed by atoms with Gasteiger partial charge in [0.2, 0.25) is 0 Å². The van der Waals surface area contributed by atoms with E-state index in [9.17, 15) is 0 Å². The Morgan fingerprint density at radius 1 is 1.25 bits per heavy atom. The van der Waals surface area contributed by atoms with Crippen molar-refractivity contribution in [1.29, 1.82) is 0 Å². The second-order valence-electron chi connectivity index (χ2n) is 2.75. The molecule has 12 heavy (non-hydrogen) atoms. The Labute approximate surface area is 80.5 Å². The smallest absolute Gasteiger partial charge is 0.0661 e. The van der Waals surface area contributed by atoms with Crippen molar-refractivity contribution >= 4 is 34.1 Å². The van der Waals surface area contributed by atoms with Gasteiger partial charge in [-0.2, -0.15) is 0 Å². The first-order valence-corrected chi connectivity index (χ1v) is 4.34. The number of halogens is 2. The third kappa shape index (κ3) is 1.10. The summed E-state index contributed by atoms with van der Waals surface area (Å²) in [4.78, 5) is 0. The first kappa shape index (κ1) is 7.96. The maximum absolute atomic E-state index is 5.97. The lowest BCUT2D eigenvalue weighted by Crippen LogP contribution is -1.81. The molecule has 0 atom stereocenters. The predicted octanol–water partition coefficient (Wildman–Crippen LogP) is 3.49. The van der Waals surface area contributed by atoms with Crippen LogP contribution in [0.15, 0.2) is 24.4 Å². The predicted molar refractivity (Wildman–Crippen MR) is 52.9 cm³/mol. The lowest BCUT2D eigenvalue weighted by atomic mass is 10.2. The Morgan fingerprint density at radius 2 is 2.00 bits per heavy atom. The van der Waals surface area contributed by atoms with E-state index < -0.39 is 0 Å². The Hall–Kier alpha value is -0.660. The molecule has 1 aromatic carbocycles. The van der Waals surface area contributed by atoms with Gasteiger partial charge in [-0.1, -0.05) is 23.2 Å². The summed E-state index contributed by atoms with van der Waals surface area (Å²) in [6, 6.07) is 5.70. The zero-order valence-corrected chi connectivity index (χ0v) is 8.02. The molecule has 62 valence electrons. The van der Waals surface area contributed by atoms with Crippen LogP contribution in [0.1, 0.15) is 0 Å². The van der Waals surface area contributed by atoms with Gasteiger partial charge in [-0.15, -0.1) is 0 Å². The van der Waals surface area contributed by atoms with Crippen LogP contribution in [0.4, 0.5) is 0 Å². The largest absolute Gasteiger partial charge is 0.349 e. The Morgan fingerprint density at radius 3 is 2.75 bits per heavy atom. The Balaban J connectivity index is 2.90. The Bertz CT molecular complexity index is 431. The molecular weight excluding hydrogens is 193 g/mol. The van der Waals surface area contributed by atoms with Crippen molar-refractivity contribution in [3.8, 4) is 0 Å². The van der Waals surface area contributed by atoms with Gasteiger partial charge in [0.25, 0.3) is 0 Å². The van der Waals surface area contributed by atoms with Crippen LogP contribution in [-0.4, -0.2) is 4.57 Å². The zero-order chi connectivity index (χ0) is 8.72. The van der Waals surface area contributed by atoms with Crippen LogP contribution < -0.4 is 0 Å². The summed E-state index contributed by atoms with van der Waals surface area (Å²) >= 11 is 11.8. The van der Waals surface area contributed by atoms with Crippen LogP contribution in [0.5, 0.6) is 0 Å². The molecule has 0 bridgehead atoms. The maximum atomic E-state index is 5.97. The molecule has 0 spiro atoms. The summed E-state index contributed by atoms with van der Waals surface area (Å²) in [5.74, 6) is 0. The highest BCUT2D eigenvalue weighted by molar-refractivity contribution is 6.37. The number of fused-ring (bicyclic) bond motifs is 1. The van der Waals surface area contributed by atoms with E-state index in [1.54, 1.807) is 0 Å². The van der Waals surface area contributed by atoms with Gasteiger partial charge >= 0.3 is 0 Å². The van der Waals surface area contributed by atoms with Crippen molar-refractivity contribution in [1.82, 2.24) is 4.57 Å². The zero-order valence-electron chi connectivity index (χ0n) is 6.51. The molecule has 2 aromatic rings. The maximum Gasteiger partial charge on any atom is 0.0661 e. The van der Waals surface area contributed by atoms with Crippen molar-refractivity contribution in [2.75, 3.05) is 0 Å². The molecule has 1 heterocycles. The van der Waals surface area contributed by atoms with Crippen molar-refractivity contribution in [3.63, 3.8) is 0 Å². The van der Waals surface area contributed by atoms with E-state index in [0.717, 1.165) is 20.9 Å². The highest BCUT2D eigenvalue weighted by Crippen LogP contribution is 2.27. The molecule has 0 aliphatic carbocycles. The van der Waals surface area contributed by atoms with Crippen LogP contribution in [0, 0.1) is 0 Å². The van der Waals surface area contributed by atoms with Gasteiger partial charge in [0.1, 0.15) is 0 Å². The number of aromatic nitrogens is 1. The van der Waals surface area contributed by atoms with Crippen LogP contribution >= 0.6 is 23.2 Å². The number of aryl methyl sites for hydroxylation is 1.